The first-order valence-corrected chi connectivity index (χ1v) is 6.20. The third kappa shape index (κ3) is 2.10. The van der Waals surface area contributed by atoms with E-state index in [-0.39, 0.29) is 11.9 Å². The molecule has 5 nitrogen and oxygen atoms in total. The normalized spacial score (nSPS) is 30.8. The van der Waals surface area contributed by atoms with Gasteiger partial charge in [-0.3, -0.25) is 4.79 Å². The monoisotopic (exact) mass is 230 g/mol. The second-order valence-electron chi connectivity index (χ2n) is 3.81. The van der Waals surface area contributed by atoms with Crippen molar-refractivity contribution in [3.63, 3.8) is 0 Å². The van der Waals surface area contributed by atoms with Crippen molar-refractivity contribution < 1.29 is 14.7 Å². The lowest BCUT2D eigenvalue weighted by atomic mass is 10.2. The summed E-state index contributed by atoms with van der Waals surface area (Å²) in [5.41, 5.74) is 0. The number of amides is 1. The van der Waals surface area contributed by atoms with Gasteiger partial charge in [-0.25, -0.2) is 4.79 Å². The topological polar surface area (TPSA) is 69.6 Å². The van der Waals surface area contributed by atoms with E-state index in [1.807, 2.05) is 0 Å². The first kappa shape index (κ1) is 10.8. The second kappa shape index (κ2) is 4.40. The molecule has 2 N–H and O–H groups in total. The van der Waals surface area contributed by atoms with E-state index in [0.717, 1.165) is 19.4 Å². The summed E-state index contributed by atoms with van der Waals surface area (Å²) in [5, 5.41) is 12.0. The molecule has 2 saturated heterocycles. The van der Waals surface area contributed by atoms with Gasteiger partial charge in [0.25, 0.3) is 0 Å². The van der Waals surface area contributed by atoms with Gasteiger partial charge in [-0.15, -0.1) is 11.8 Å². The van der Waals surface area contributed by atoms with E-state index < -0.39 is 12.0 Å². The van der Waals surface area contributed by atoms with Crippen molar-refractivity contribution in [3.05, 3.63) is 0 Å². The van der Waals surface area contributed by atoms with Gasteiger partial charge in [0, 0.05) is 5.75 Å². The van der Waals surface area contributed by atoms with Gasteiger partial charge in [0.1, 0.15) is 6.04 Å². The summed E-state index contributed by atoms with van der Waals surface area (Å²) in [6, 6.07) is -0.796. The average molecular weight is 230 g/mol. The summed E-state index contributed by atoms with van der Waals surface area (Å²) in [7, 11) is 0. The Morgan fingerprint density at radius 1 is 1.47 bits per heavy atom. The standard InChI is InChI=1S/C9H14N2O3S/c12-8(6-2-1-3-10-6)11-5-15-4-7(11)9(13)14/h6-7,10H,1-5H2,(H,13,14)/t6?,7-/m0/s1. The molecule has 0 radical (unpaired) electrons. The minimum absolute atomic E-state index is 0.0510. The minimum atomic E-state index is -0.897. The SMILES string of the molecule is O=C(O)[C@@H]1CSCN1C(=O)C1CCCN1. The van der Waals surface area contributed by atoms with Crippen LogP contribution < -0.4 is 5.32 Å². The molecule has 1 unspecified atom stereocenters. The van der Waals surface area contributed by atoms with Crippen LogP contribution in [0.3, 0.4) is 0 Å². The number of rotatable bonds is 2. The van der Waals surface area contributed by atoms with Crippen LogP contribution in [0.1, 0.15) is 12.8 Å². The molecule has 2 fully saturated rings. The van der Waals surface area contributed by atoms with E-state index >= 15 is 0 Å². The number of carbonyl (C=O) groups is 2. The lowest BCUT2D eigenvalue weighted by Crippen LogP contribution is -2.48. The molecule has 0 bridgehead atoms. The van der Waals surface area contributed by atoms with E-state index in [1.54, 1.807) is 0 Å². The first-order chi connectivity index (χ1) is 7.20. The molecule has 2 rings (SSSR count). The highest BCUT2D eigenvalue weighted by Crippen LogP contribution is 2.23. The Labute approximate surface area is 92.2 Å². The zero-order valence-electron chi connectivity index (χ0n) is 8.31. The molecule has 6 heteroatoms. The minimum Gasteiger partial charge on any atom is -0.480 e. The third-order valence-corrected chi connectivity index (χ3v) is 3.82. The molecule has 0 aromatic heterocycles. The Balaban J connectivity index is 2.02. The van der Waals surface area contributed by atoms with Gasteiger partial charge < -0.3 is 15.3 Å². The highest BCUT2D eigenvalue weighted by molar-refractivity contribution is 7.99. The van der Waals surface area contributed by atoms with Crippen LogP contribution in [0.4, 0.5) is 0 Å². The van der Waals surface area contributed by atoms with Gasteiger partial charge in [0.05, 0.1) is 11.9 Å². The predicted octanol–water partition coefficient (Wildman–Crippen LogP) is -0.276. The first-order valence-electron chi connectivity index (χ1n) is 5.04. The Morgan fingerprint density at radius 2 is 2.27 bits per heavy atom. The van der Waals surface area contributed by atoms with E-state index in [2.05, 4.69) is 5.32 Å². The molecule has 2 aliphatic heterocycles. The molecule has 84 valence electrons. The Morgan fingerprint density at radius 3 is 2.87 bits per heavy atom. The van der Waals surface area contributed by atoms with Crippen LogP contribution in [0, 0.1) is 0 Å². The Hall–Kier alpha value is -0.750. The maximum Gasteiger partial charge on any atom is 0.327 e. The number of carboxylic acids is 1. The van der Waals surface area contributed by atoms with E-state index in [0.29, 0.717) is 11.6 Å². The summed E-state index contributed by atoms with van der Waals surface area (Å²) in [6.45, 7) is 0.856. The van der Waals surface area contributed by atoms with Crippen LogP contribution >= 0.6 is 11.8 Å². The third-order valence-electron chi connectivity index (χ3n) is 2.81. The molecule has 2 atom stereocenters. The lowest BCUT2D eigenvalue weighted by Gasteiger charge is -2.23. The fourth-order valence-corrected chi connectivity index (χ4v) is 3.12. The second-order valence-corrected chi connectivity index (χ2v) is 4.81. The van der Waals surface area contributed by atoms with Crippen molar-refractivity contribution in [2.75, 3.05) is 18.2 Å². The summed E-state index contributed by atoms with van der Waals surface area (Å²) in [6.07, 6.45) is 1.82. The molecule has 2 aliphatic rings. The number of hydrogen-bond acceptors (Lipinski definition) is 4. The zero-order chi connectivity index (χ0) is 10.8. The maximum atomic E-state index is 11.9. The number of carbonyl (C=O) groups excluding carboxylic acids is 1. The molecular weight excluding hydrogens is 216 g/mol. The molecule has 0 spiro atoms. The van der Waals surface area contributed by atoms with Gasteiger partial charge in [-0.05, 0) is 19.4 Å². The van der Waals surface area contributed by atoms with Crippen LogP contribution in [0.15, 0.2) is 0 Å². The van der Waals surface area contributed by atoms with E-state index in [4.69, 9.17) is 5.11 Å². The smallest absolute Gasteiger partial charge is 0.327 e. The van der Waals surface area contributed by atoms with Crippen molar-refractivity contribution in [2.45, 2.75) is 24.9 Å². The number of nitrogens with zero attached hydrogens (tertiary/aromatic N) is 1. The van der Waals surface area contributed by atoms with Crippen molar-refractivity contribution in [3.8, 4) is 0 Å². The summed E-state index contributed by atoms with van der Waals surface area (Å²) >= 11 is 1.50. The van der Waals surface area contributed by atoms with Crippen LogP contribution in [-0.2, 0) is 9.59 Å². The van der Waals surface area contributed by atoms with Crippen molar-refractivity contribution in [1.29, 1.82) is 0 Å². The quantitative estimate of drug-likeness (QED) is 0.683. The van der Waals surface area contributed by atoms with Crippen molar-refractivity contribution in [1.82, 2.24) is 10.2 Å². The van der Waals surface area contributed by atoms with Crippen molar-refractivity contribution in [2.24, 2.45) is 0 Å². The average Bonchev–Trinajstić information content (AvgIpc) is 2.88. The molecule has 0 aliphatic carbocycles. The molecule has 1 amide bonds. The number of thioether (sulfide) groups is 1. The van der Waals surface area contributed by atoms with Crippen LogP contribution in [0.5, 0.6) is 0 Å². The summed E-state index contributed by atoms with van der Waals surface area (Å²) < 4.78 is 0. The maximum absolute atomic E-state index is 11.9. The number of aliphatic carboxylic acids is 1. The molecule has 2 heterocycles. The van der Waals surface area contributed by atoms with Gasteiger partial charge in [0.2, 0.25) is 5.91 Å². The van der Waals surface area contributed by atoms with Gasteiger partial charge >= 0.3 is 5.97 Å². The summed E-state index contributed by atoms with van der Waals surface area (Å²) in [4.78, 5) is 24.3. The number of nitrogens with one attached hydrogen (secondary N) is 1. The zero-order valence-corrected chi connectivity index (χ0v) is 9.13. The number of hydrogen-bond donors (Lipinski definition) is 2. The molecule has 15 heavy (non-hydrogen) atoms. The fraction of sp³-hybridized carbons (Fsp3) is 0.778. The van der Waals surface area contributed by atoms with Crippen LogP contribution in [-0.4, -0.2) is 52.1 Å². The molecule has 0 aromatic rings. The van der Waals surface area contributed by atoms with Crippen molar-refractivity contribution >= 4 is 23.6 Å². The van der Waals surface area contributed by atoms with Crippen LogP contribution in [0.2, 0.25) is 0 Å². The van der Waals surface area contributed by atoms with Gasteiger partial charge in [0.15, 0.2) is 0 Å². The van der Waals surface area contributed by atoms with E-state index in [9.17, 15) is 9.59 Å². The lowest BCUT2D eigenvalue weighted by molar-refractivity contribution is -0.148. The Kier molecular flexibility index (Phi) is 3.16. The van der Waals surface area contributed by atoms with Gasteiger partial charge in [-0.1, -0.05) is 0 Å². The molecule has 0 saturated carbocycles. The van der Waals surface area contributed by atoms with Gasteiger partial charge in [-0.2, -0.15) is 0 Å². The van der Waals surface area contributed by atoms with E-state index in [1.165, 1.54) is 16.7 Å². The predicted molar refractivity (Wildman–Crippen MR) is 56.6 cm³/mol. The molecular formula is C9H14N2O3S. The highest BCUT2D eigenvalue weighted by Gasteiger charge is 2.38. The largest absolute Gasteiger partial charge is 0.480 e. The highest BCUT2D eigenvalue weighted by atomic mass is 32.2. The fourth-order valence-electron chi connectivity index (χ4n) is 1.96. The number of carboxylic acid groups (broad SMARTS) is 1. The Bertz CT molecular complexity index is 279. The molecule has 0 aromatic carbocycles. The summed E-state index contributed by atoms with van der Waals surface area (Å²) in [5.74, 6) is 0.0677. The van der Waals surface area contributed by atoms with Crippen LogP contribution in [0.25, 0.3) is 0 Å².